The fraction of sp³-hybridized carbons (Fsp3) is 1.00. The molecule has 0 aromatic heterocycles. The first-order valence-corrected chi connectivity index (χ1v) is 6.14. The molecule has 0 spiro atoms. The van der Waals surface area contributed by atoms with Gasteiger partial charge in [0.05, 0.1) is 6.10 Å². The van der Waals surface area contributed by atoms with E-state index in [4.69, 9.17) is 0 Å². The molecule has 1 N–H and O–H groups in total. The van der Waals surface area contributed by atoms with Gasteiger partial charge in [0, 0.05) is 19.6 Å². The smallest absolute Gasteiger partial charge is 0.0639 e. The minimum Gasteiger partial charge on any atom is -0.392 e. The van der Waals surface area contributed by atoms with Crippen LogP contribution in [0.4, 0.5) is 0 Å². The number of aliphatic hydroxyl groups is 1. The Labute approximate surface area is 86.3 Å². The Balaban J connectivity index is 1.65. The summed E-state index contributed by atoms with van der Waals surface area (Å²) in [7, 11) is 0. The van der Waals surface area contributed by atoms with Crippen molar-refractivity contribution in [2.45, 2.75) is 32.3 Å². The lowest BCUT2D eigenvalue weighted by Gasteiger charge is -2.22. The summed E-state index contributed by atoms with van der Waals surface area (Å²) in [6.45, 7) is 5.35. The molecule has 1 heterocycles. The average molecular weight is 195 g/mol. The van der Waals surface area contributed by atoms with Crippen molar-refractivity contribution in [1.82, 2.24) is 4.90 Å². The fourth-order valence-electron chi connectivity index (χ4n) is 4.29. The molecule has 2 nitrogen and oxygen atoms in total. The number of hydrogen-bond acceptors (Lipinski definition) is 2. The summed E-state index contributed by atoms with van der Waals surface area (Å²) in [6.07, 6.45) is 4.37. The molecule has 0 radical (unpaired) electrons. The molecule has 5 atom stereocenters. The third-order valence-corrected chi connectivity index (χ3v) is 4.74. The zero-order valence-corrected chi connectivity index (χ0v) is 9.02. The maximum absolute atomic E-state index is 9.38. The van der Waals surface area contributed by atoms with E-state index in [0.717, 1.165) is 30.2 Å². The van der Waals surface area contributed by atoms with Crippen LogP contribution in [0.3, 0.4) is 0 Å². The predicted octanol–water partition coefficient (Wildman–Crippen LogP) is 1.35. The zero-order valence-electron chi connectivity index (χ0n) is 9.02. The second kappa shape index (κ2) is 3.21. The van der Waals surface area contributed by atoms with Gasteiger partial charge in [0.1, 0.15) is 0 Å². The van der Waals surface area contributed by atoms with Crippen molar-refractivity contribution in [3.05, 3.63) is 0 Å². The highest BCUT2D eigenvalue weighted by Gasteiger charge is 2.51. The van der Waals surface area contributed by atoms with Crippen LogP contribution in [0.1, 0.15) is 26.2 Å². The van der Waals surface area contributed by atoms with E-state index in [2.05, 4.69) is 4.90 Å². The van der Waals surface area contributed by atoms with Gasteiger partial charge >= 0.3 is 0 Å². The van der Waals surface area contributed by atoms with Gasteiger partial charge in [0.25, 0.3) is 0 Å². The van der Waals surface area contributed by atoms with E-state index < -0.39 is 0 Å². The summed E-state index contributed by atoms with van der Waals surface area (Å²) in [6, 6.07) is 0. The first-order chi connectivity index (χ1) is 6.74. The summed E-state index contributed by atoms with van der Waals surface area (Å²) in [5, 5.41) is 9.38. The molecule has 2 aliphatic carbocycles. The number of fused-ring (bicyclic) bond motifs is 5. The Bertz CT molecular complexity index is 210. The van der Waals surface area contributed by atoms with E-state index in [-0.39, 0.29) is 6.10 Å². The molecule has 2 bridgehead atoms. The molecular formula is C12H21NO. The molecular weight excluding hydrogens is 174 g/mol. The van der Waals surface area contributed by atoms with Gasteiger partial charge in [0.15, 0.2) is 0 Å². The van der Waals surface area contributed by atoms with Crippen molar-refractivity contribution >= 4 is 0 Å². The molecule has 3 aliphatic rings. The number of nitrogens with zero attached hydrogens (tertiary/aromatic N) is 1. The normalized spacial score (nSPS) is 48.4. The molecule has 1 aliphatic heterocycles. The number of rotatable bonds is 2. The van der Waals surface area contributed by atoms with Gasteiger partial charge in [-0.1, -0.05) is 0 Å². The number of likely N-dealkylation sites (tertiary alicyclic amines) is 1. The average Bonchev–Trinajstić information content (AvgIpc) is 2.69. The van der Waals surface area contributed by atoms with Crippen LogP contribution >= 0.6 is 0 Å². The third kappa shape index (κ3) is 1.31. The summed E-state index contributed by atoms with van der Waals surface area (Å²) >= 11 is 0. The van der Waals surface area contributed by atoms with Crippen LogP contribution < -0.4 is 0 Å². The molecule has 3 rings (SSSR count). The molecule has 1 saturated heterocycles. The first-order valence-electron chi connectivity index (χ1n) is 6.14. The van der Waals surface area contributed by atoms with Crippen molar-refractivity contribution in [2.75, 3.05) is 19.6 Å². The maximum Gasteiger partial charge on any atom is 0.0639 e. The Morgan fingerprint density at radius 3 is 2.29 bits per heavy atom. The van der Waals surface area contributed by atoms with Crippen LogP contribution in [0.15, 0.2) is 0 Å². The monoisotopic (exact) mass is 195 g/mol. The third-order valence-electron chi connectivity index (χ3n) is 4.74. The van der Waals surface area contributed by atoms with Gasteiger partial charge in [-0.15, -0.1) is 0 Å². The molecule has 2 unspecified atom stereocenters. The van der Waals surface area contributed by atoms with Crippen LogP contribution in [-0.2, 0) is 0 Å². The van der Waals surface area contributed by atoms with Crippen molar-refractivity contribution < 1.29 is 5.11 Å². The highest BCUT2D eigenvalue weighted by molar-refractivity contribution is 5.02. The lowest BCUT2D eigenvalue weighted by Crippen LogP contribution is -2.30. The Hall–Kier alpha value is -0.0800. The maximum atomic E-state index is 9.38. The van der Waals surface area contributed by atoms with Crippen LogP contribution in [-0.4, -0.2) is 35.7 Å². The fourth-order valence-corrected chi connectivity index (χ4v) is 4.29. The lowest BCUT2D eigenvalue weighted by molar-refractivity contribution is 0.134. The van der Waals surface area contributed by atoms with Crippen LogP contribution in [0.2, 0.25) is 0 Å². The molecule has 0 amide bonds. The quantitative estimate of drug-likeness (QED) is 0.719. The van der Waals surface area contributed by atoms with E-state index in [1.54, 1.807) is 0 Å². The van der Waals surface area contributed by atoms with Crippen molar-refractivity contribution in [2.24, 2.45) is 23.7 Å². The molecule has 2 saturated carbocycles. The molecule has 2 heteroatoms. The second-order valence-corrected chi connectivity index (χ2v) is 5.73. The van der Waals surface area contributed by atoms with Gasteiger partial charge in [-0.25, -0.2) is 0 Å². The first kappa shape index (κ1) is 9.17. The topological polar surface area (TPSA) is 23.5 Å². The van der Waals surface area contributed by atoms with Crippen LogP contribution in [0, 0.1) is 23.7 Å². The van der Waals surface area contributed by atoms with E-state index in [0.29, 0.717) is 0 Å². The van der Waals surface area contributed by atoms with E-state index in [1.807, 2.05) is 6.92 Å². The van der Waals surface area contributed by atoms with E-state index in [9.17, 15) is 5.11 Å². The molecule has 3 fully saturated rings. The largest absolute Gasteiger partial charge is 0.392 e. The van der Waals surface area contributed by atoms with Gasteiger partial charge in [0.2, 0.25) is 0 Å². The minimum absolute atomic E-state index is 0.147. The summed E-state index contributed by atoms with van der Waals surface area (Å²) in [5.74, 6) is 4.08. The SMILES string of the molecule is C[C@@H](O)CN1C[C@@H]2C3CCC(C3)[C@@H]2C1. The summed E-state index contributed by atoms with van der Waals surface area (Å²) in [5.41, 5.74) is 0. The van der Waals surface area contributed by atoms with E-state index >= 15 is 0 Å². The van der Waals surface area contributed by atoms with Gasteiger partial charge in [-0.2, -0.15) is 0 Å². The zero-order chi connectivity index (χ0) is 9.71. The Morgan fingerprint density at radius 2 is 1.79 bits per heavy atom. The summed E-state index contributed by atoms with van der Waals surface area (Å²) < 4.78 is 0. The number of hydrogen-bond donors (Lipinski definition) is 1. The number of β-amino-alcohol motifs (C(OH)–C–C–N with tert-alkyl or cyclic N) is 1. The molecule has 80 valence electrons. The van der Waals surface area contributed by atoms with Crippen LogP contribution in [0.25, 0.3) is 0 Å². The number of aliphatic hydroxyl groups excluding tert-OH is 1. The standard InChI is InChI=1S/C12H21NO/c1-8(14)5-13-6-11-9-2-3-10(4-9)12(11)7-13/h8-12,14H,2-7H2,1H3/t8-,9?,10?,11-,12+/m1/s1. The Kier molecular flexibility index (Phi) is 2.10. The highest BCUT2D eigenvalue weighted by Crippen LogP contribution is 2.54. The highest BCUT2D eigenvalue weighted by atomic mass is 16.3. The van der Waals surface area contributed by atoms with Crippen LogP contribution in [0.5, 0.6) is 0 Å². The lowest BCUT2D eigenvalue weighted by atomic mass is 9.82. The molecule has 0 aromatic rings. The van der Waals surface area contributed by atoms with Gasteiger partial charge in [-0.3, -0.25) is 0 Å². The Morgan fingerprint density at radius 1 is 1.21 bits per heavy atom. The summed E-state index contributed by atoms with van der Waals surface area (Å²) in [4.78, 5) is 2.49. The van der Waals surface area contributed by atoms with Gasteiger partial charge in [-0.05, 0) is 49.9 Å². The van der Waals surface area contributed by atoms with Gasteiger partial charge < -0.3 is 10.0 Å². The van der Waals surface area contributed by atoms with Crippen molar-refractivity contribution in [1.29, 1.82) is 0 Å². The predicted molar refractivity (Wildman–Crippen MR) is 55.9 cm³/mol. The minimum atomic E-state index is -0.147. The molecule has 14 heavy (non-hydrogen) atoms. The second-order valence-electron chi connectivity index (χ2n) is 5.73. The molecule has 0 aromatic carbocycles. The van der Waals surface area contributed by atoms with Crippen molar-refractivity contribution in [3.8, 4) is 0 Å². The van der Waals surface area contributed by atoms with Crippen molar-refractivity contribution in [3.63, 3.8) is 0 Å². The van der Waals surface area contributed by atoms with E-state index in [1.165, 1.54) is 32.4 Å².